The minimum absolute atomic E-state index is 0.00635. The molecule has 0 bridgehead atoms. The third-order valence-corrected chi connectivity index (χ3v) is 4.51. The molecule has 1 unspecified atom stereocenters. The molecule has 0 amide bonds. The fraction of sp³-hybridized carbons (Fsp3) is 0.188. The zero-order valence-corrected chi connectivity index (χ0v) is 12.3. The number of aromatic nitrogens is 1. The lowest BCUT2D eigenvalue weighted by atomic mass is 10.2. The highest BCUT2D eigenvalue weighted by Crippen LogP contribution is 2.26. The quantitative estimate of drug-likeness (QED) is 0.771. The molecular weight excluding hydrogens is 290 g/mol. The number of rotatable bonds is 4. The zero-order chi connectivity index (χ0) is 14.8. The number of hydrogen-bond acceptors (Lipinski definition) is 3. The number of nitrogens with zero attached hydrogens (tertiary/aromatic N) is 1. The van der Waals surface area contributed by atoms with Gasteiger partial charge in [-0.2, -0.15) is 0 Å². The first-order valence-corrected chi connectivity index (χ1v) is 7.48. The van der Waals surface area contributed by atoms with Crippen molar-refractivity contribution in [2.75, 3.05) is 0 Å². The van der Waals surface area contributed by atoms with E-state index in [1.165, 1.54) is 12.1 Å². The number of halogens is 2. The summed E-state index contributed by atoms with van der Waals surface area (Å²) in [4.78, 5) is 4.56. The summed E-state index contributed by atoms with van der Waals surface area (Å²) in [7, 11) is 0. The molecule has 5 heteroatoms. The summed E-state index contributed by atoms with van der Waals surface area (Å²) in [5, 5.41) is 4.18. The van der Waals surface area contributed by atoms with E-state index in [-0.39, 0.29) is 6.04 Å². The average molecular weight is 304 g/mol. The van der Waals surface area contributed by atoms with Crippen LogP contribution in [0.25, 0.3) is 10.2 Å². The molecule has 2 aromatic carbocycles. The van der Waals surface area contributed by atoms with Gasteiger partial charge in [-0.15, -0.1) is 11.3 Å². The van der Waals surface area contributed by atoms with Gasteiger partial charge in [-0.3, -0.25) is 0 Å². The molecule has 0 aliphatic heterocycles. The third kappa shape index (κ3) is 3.09. The summed E-state index contributed by atoms with van der Waals surface area (Å²) < 4.78 is 27.6. The molecule has 108 valence electrons. The van der Waals surface area contributed by atoms with E-state index in [0.29, 0.717) is 12.1 Å². The minimum atomic E-state index is -0.560. The van der Waals surface area contributed by atoms with Gasteiger partial charge in [0.2, 0.25) is 0 Å². The van der Waals surface area contributed by atoms with Crippen molar-refractivity contribution in [3.63, 3.8) is 0 Å². The van der Waals surface area contributed by atoms with Gasteiger partial charge in [0, 0.05) is 18.2 Å². The Morgan fingerprint density at radius 2 is 2.00 bits per heavy atom. The Morgan fingerprint density at radius 1 is 1.19 bits per heavy atom. The lowest BCUT2D eigenvalue weighted by Crippen LogP contribution is -2.18. The van der Waals surface area contributed by atoms with Gasteiger partial charge >= 0.3 is 0 Å². The van der Waals surface area contributed by atoms with Crippen LogP contribution in [0.4, 0.5) is 8.78 Å². The maximum Gasteiger partial charge on any atom is 0.130 e. The standard InChI is InChI=1S/C16H14F2N2S/c1-10(16-20-14-4-2-3-5-15(14)21-16)19-9-11-6-7-12(17)8-13(11)18/h2-8,10,19H,9H2,1H3. The van der Waals surface area contributed by atoms with E-state index in [4.69, 9.17) is 0 Å². The molecule has 1 aromatic heterocycles. The number of para-hydroxylation sites is 1. The van der Waals surface area contributed by atoms with E-state index in [0.717, 1.165) is 21.3 Å². The minimum Gasteiger partial charge on any atom is -0.304 e. The van der Waals surface area contributed by atoms with Gasteiger partial charge < -0.3 is 5.32 Å². The van der Waals surface area contributed by atoms with Gasteiger partial charge in [-0.05, 0) is 25.1 Å². The van der Waals surface area contributed by atoms with Crippen LogP contribution in [-0.4, -0.2) is 4.98 Å². The van der Waals surface area contributed by atoms with E-state index in [2.05, 4.69) is 10.3 Å². The highest BCUT2D eigenvalue weighted by molar-refractivity contribution is 7.18. The van der Waals surface area contributed by atoms with Gasteiger partial charge in [0.05, 0.1) is 16.3 Å². The molecule has 0 aliphatic rings. The van der Waals surface area contributed by atoms with Crippen LogP contribution in [0.1, 0.15) is 23.5 Å². The van der Waals surface area contributed by atoms with Gasteiger partial charge in [-0.25, -0.2) is 13.8 Å². The van der Waals surface area contributed by atoms with E-state index < -0.39 is 11.6 Å². The van der Waals surface area contributed by atoms with Crippen LogP contribution in [0.5, 0.6) is 0 Å². The molecule has 1 N–H and O–H groups in total. The van der Waals surface area contributed by atoms with Crippen LogP contribution >= 0.6 is 11.3 Å². The molecule has 3 aromatic rings. The van der Waals surface area contributed by atoms with Gasteiger partial charge in [-0.1, -0.05) is 18.2 Å². The van der Waals surface area contributed by atoms with Gasteiger partial charge in [0.1, 0.15) is 16.6 Å². The summed E-state index contributed by atoms with van der Waals surface area (Å²) >= 11 is 1.62. The molecule has 2 nitrogen and oxygen atoms in total. The number of nitrogens with one attached hydrogen (secondary N) is 1. The SMILES string of the molecule is CC(NCc1ccc(F)cc1F)c1nc2ccccc2s1. The van der Waals surface area contributed by atoms with Crippen molar-refractivity contribution in [3.8, 4) is 0 Å². The lowest BCUT2D eigenvalue weighted by Gasteiger charge is -2.11. The predicted octanol–water partition coefficient (Wildman–Crippen LogP) is 4.43. The van der Waals surface area contributed by atoms with Crippen molar-refractivity contribution in [1.82, 2.24) is 10.3 Å². The van der Waals surface area contributed by atoms with Crippen molar-refractivity contribution < 1.29 is 8.78 Å². The van der Waals surface area contributed by atoms with Crippen molar-refractivity contribution in [1.29, 1.82) is 0 Å². The Balaban J connectivity index is 1.72. The van der Waals surface area contributed by atoms with Crippen molar-refractivity contribution in [2.45, 2.75) is 19.5 Å². The fourth-order valence-electron chi connectivity index (χ4n) is 2.09. The molecule has 0 saturated heterocycles. The van der Waals surface area contributed by atoms with E-state index in [9.17, 15) is 8.78 Å². The van der Waals surface area contributed by atoms with E-state index >= 15 is 0 Å². The monoisotopic (exact) mass is 304 g/mol. The summed E-state index contributed by atoms with van der Waals surface area (Å²) in [6.07, 6.45) is 0. The molecule has 1 atom stereocenters. The number of fused-ring (bicyclic) bond motifs is 1. The van der Waals surface area contributed by atoms with Crippen LogP contribution < -0.4 is 5.32 Å². The lowest BCUT2D eigenvalue weighted by molar-refractivity contribution is 0.533. The Morgan fingerprint density at radius 3 is 2.76 bits per heavy atom. The van der Waals surface area contributed by atoms with E-state index in [1.807, 2.05) is 31.2 Å². The summed E-state index contributed by atoms with van der Waals surface area (Å²) in [6.45, 7) is 2.32. The first-order chi connectivity index (χ1) is 10.1. The zero-order valence-electron chi connectivity index (χ0n) is 11.4. The summed E-state index contributed by atoms with van der Waals surface area (Å²) in [5.74, 6) is -1.09. The second-order valence-electron chi connectivity index (χ2n) is 4.86. The molecule has 1 heterocycles. The Hall–Kier alpha value is -1.85. The van der Waals surface area contributed by atoms with Crippen LogP contribution in [0.3, 0.4) is 0 Å². The molecule has 0 saturated carbocycles. The predicted molar refractivity (Wildman–Crippen MR) is 81.2 cm³/mol. The summed E-state index contributed by atoms with van der Waals surface area (Å²) in [6, 6.07) is 11.6. The molecule has 0 spiro atoms. The topological polar surface area (TPSA) is 24.9 Å². The Bertz CT molecular complexity index is 737. The molecule has 21 heavy (non-hydrogen) atoms. The molecular formula is C16H14F2N2S. The molecule has 3 rings (SSSR count). The van der Waals surface area contributed by atoms with Crippen LogP contribution in [-0.2, 0) is 6.54 Å². The molecule has 0 fully saturated rings. The van der Waals surface area contributed by atoms with Crippen molar-refractivity contribution in [3.05, 3.63) is 64.7 Å². The third-order valence-electron chi connectivity index (χ3n) is 3.29. The first kappa shape index (κ1) is 14.1. The van der Waals surface area contributed by atoms with Crippen molar-refractivity contribution >= 4 is 21.6 Å². The smallest absolute Gasteiger partial charge is 0.130 e. The summed E-state index contributed by atoms with van der Waals surface area (Å²) in [5.41, 5.74) is 1.42. The maximum absolute atomic E-state index is 13.6. The highest BCUT2D eigenvalue weighted by atomic mass is 32.1. The molecule has 0 aliphatic carbocycles. The van der Waals surface area contributed by atoms with Gasteiger partial charge in [0.25, 0.3) is 0 Å². The number of hydrogen-bond donors (Lipinski definition) is 1. The van der Waals surface area contributed by atoms with E-state index in [1.54, 1.807) is 11.3 Å². The average Bonchev–Trinajstić information content (AvgIpc) is 2.90. The van der Waals surface area contributed by atoms with Crippen molar-refractivity contribution in [2.24, 2.45) is 0 Å². The first-order valence-electron chi connectivity index (χ1n) is 6.66. The largest absolute Gasteiger partial charge is 0.304 e. The normalized spacial score (nSPS) is 12.7. The second kappa shape index (κ2) is 5.87. The molecule has 0 radical (unpaired) electrons. The Labute approximate surface area is 125 Å². The second-order valence-corrected chi connectivity index (χ2v) is 5.92. The van der Waals surface area contributed by atoms with Gasteiger partial charge in [0.15, 0.2) is 0 Å². The maximum atomic E-state index is 13.6. The van der Waals surface area contributed by atoms with Crippen LogP contribution in [0.15, 0.2) is 42.5 Å². The van der Waals surface area contributed by atoms with Crippen LogP contribution in [0, 0.1) is 11.6 Å². The number of thiazole rings is 1. The Kier molecular flexibility index (Phi) is 3.94. The van der Waals surface area contributed by atoms with Crippen LogP contribution in [0.2, 0.25) is 0 Å². The fourth-order valence-corrected chi connectivity index (χ4v) is 3.08. The highest BCUT2D eigenvalue weighted by Gasteiger charge is 2.12. The number of benzene rings is 2.